The predicted octanol–water partition coefficient (Wildman–Crippen LogP) is 3.18. The average molecular weight is 405 g/mol. The lowest BCUT2D eigenvalue weighted by Crippen LogP contribution is -2.36. The molecule has 1 heterocycles. The highest BCUT2D eigenvalue weighted by Gasteiger charge is 2.16. The van der Waals surface area contributed by atoms with Crippen LogP contribution in [0.15, 0.2) is 48.5 Å². The summed E-state index contributed by atoms with van der Waals surface area (Å²) < 4.78 is 19.2. The van der Waals surface area contributed by atoms with Crippen molar-refractivity contribution in [3.8, 4) is 0 Å². The van der Waals surface area contributed by atoms with Crippen molar-refractivity contribution >= 4 is 29.3 Å². The molecule has 1 fully saturated rings. The summed E-state index contributed by atoms with van der Waals surface area (Å²) in [4.78, 5) is 14.4. The van der Waals surface area contributed by atoms with E-state index in [1.807, 2.05) is 24.3 Å². The maximum atomic E-state index is 13.8. The number of ether oxygens (including phenoxy) is 1. The molecule has 0 unspecified atom stereocenters. The van der Waals surface area contributed by atoms with Gasteiger partial charge in [-0.25, -0.2) is 4.39 Å². The van der Waals surface area contributed by atoms with Gasteiger partial charge in [0.05, 0.1) is 25.9 Å². The maximum Gasteiger partial charge on any atom is 0.244 e. The zero-order valence-electron chi connectivity index (χ0n) is 15.3. The molecular formula is C21H22ClFN2O3. The zero-order chi connectivity index (χ0) is 19.9. The molecule has 0 saturated carbocycles. The fourth-order valence-corrected chi connectivity index (χ4v) is 3.17. The van der Waals surface area contributed by atoms with Crippen LogP contribution in [0.4, 0.5) is 10.1 Å². The van der Waals surface area contributed by atoms with Crippen molar-refractivity contribution in [2.75, 3.05) is 37.8 Å². The van der Waals surface area contributed by atoms with Gasteiger partial charge < -0.3 is 20.1 Å². The first-order valence-corrected chi connectivity index (χ1v) is 9.42. The Bertz CT molecular complexity index is 853. The van der Waals surface area contributed by atoms with E-state index in [0.717, 1.165) is 24.3 Å². The highest BCUT2D eigenvalue weighted by molar-refractivity contribution is 6.30. The molecule has 2 N–H and O–H groups in total. The second kappa shape index (κ2) is 9.68. The lowest BCUT2D eigenvalue weighted by atomic mass is 10.1. The summed E-state index contributed by atoms with van der Waals surface area (Å²) in [6.45, 7) is 2.71. The molecule has 1 amide bonds. The van der Waals surface area contributed by atoms with Crippen LogP contribution in [0.25, 0.3) is 6.08 Å². The number of rotatable bonds is 6. The first kappa shape index (κ1) is 20.3. The molecule has 0 radical (unpaired) electrons. The molecule has 148 valence electrons. The van der Waals surface area contributed by atoms with E-state index < -0.39 is 17.8 Å². The topological polar surface area (TPSA) is 61.8 Å². The molecule has 1 atom stereocenters. The predicted molar refractivity (Wildman–Crippen MR) is 108 cm³/mol. The zero-order valence-corrected chi connectivity index (χ0v) is 16.0. The number of morpholine rings is 1. The van der Waals surface area contributed by atoms with Crippen LogP contribution in [-0.2, 0) is 9.53 Å². The molecule has 2 aromatic rings. The van der Waals surface area contributed by atoms with Gasteiger partial charge in [0.2, 0.25) is 5.91 Å². The van der Waals surface area contributed by atoms with Gasteiger partial charge in [-0.1, -0.05) is 29.8 Å². The average Bonchev–Trinajstić information content (AvgIpc) is 2.72. The van der Waals surface area contributed by atoms with Crippen LogP contribution in [0, 0.1) is 5.82 Å². The van der Waals surface area contributed by atoms with Gasteiger partial charge in [-0.2, -0.15) is 0 Å². The molecule has 3 rings (SSSR count). The lowest BCUT2D eigenvalue weighted by Gasteiger charge is -2.29. The van der Waals surface area contributed by atoms with E-state index in [1.165, 1.54) is 24.3 Å². The quantitative estimate of drug-likeness (QED) is 0.726. The lowest BCUT2D eigenvalue weighted by molar-refractivity contribution is -0.117. The minimum atomic E-state index is -0.562. The summed E-state index contributed by atoms with van der Waals surface area (Å²) in [6.07, 6.45) is 2.61. The number of amides is 1. The summed E-state index contributed by atoms with van der Waals surface area (Å²) in [5, 5.41) is 12.8. The standard InChI is InChI=1S/C21H22ClFN2O3/c22-17-6-4-15(19(23)13-17)5-7-21(27)24-20(14-26)16-2-1-3-18(12-16)25-8-10-28-11-9-25/h1-7,12-13,20,26H,8-11,14H2,(H,24,27)/b7-5+/t20-/m1/s1. The number of carbonyl (C=O) groups excluding carboxylic acids is 1. The monoisotopic (exact) mass is 404 g/mol. The van der Waals surface area contributed by atoms with Crippen molar-refractivity contribution in [2.24, 2.45) is 0 Å². The normalized spacial score (nSPS) is 15.6. The Morgan fingerprint density at radius 1 is 1.29 bits per heavy atom. The Balaban J connectivity index is 1.67. The summed E-state index contributed by atoms with van der Waals surface area (Å²) in [5.41, 5.74) is 2.08. The van der Waals surface area contributed by atoms with Gasteiger partial charge in [0, 0.05) is 35.4 Å². The molecule has 0 spiro atoms. The largest absolute Gasteiger partial charge is 0.394 e. The third kappa shape index (κ3) is 5.32. The first-order valence-electron chi connectivity index (χ1n) is 9.04. The van der Waals surface area contributed by atoms with Crippen molar-refractivity contribution in [1.82, 2.24) is 5.32 Å². The highest BCUT2D eigenvalue weighted by atomic mass is 35.5. The highest BCUT2D eigenvalue weighted by Crippen LogP contribution is 2.22. The van der Waals surface area contributed by atoms with Gasteiger partial charge >= 0.3 is 0 Å². The number of hydrogen-bond acceptors (Lipinski definition) is 4. The van der Waals surface area contributed by atoms with Crippen molar-refractivity contribution in [1.29, 1.82) is 0 Å². The molecule has 1 aliphatic heterocycles. The third-order valence-corrected chi connectivity index (χ3v) is 4.76. The van der Waals surface area contributed by atoms with Gasteiger partial charge in [0.1, 0.15) is 5.82 Å². The number of hydrogen-bond donors (Lipinski definition) is 2. The van der Waals surface area contributed by atoms with Crippen LogP contribution in [-0.4, -0.2) is 43.9 Å². The summed E-state index contributed by atoms with van der Waals surface area (Å²) >= 11 is 5.72. The van der Waals surface area contributed by atoms with Gasteiger partial charge in [-0.05, 0) is 35.9 Å². The van der Waals surface area contributed by atoms with E-state index in [0.29, 0.717) is 18.2 Å². The minimum Gasteiger partial charge on any atom is -0.394 e. The van der Waals surface area contributed by atoms with Gasteiger partial charge in [0.25, 0.3) is 0 Å². The molecule has 2 aromatic carbocycles. The maximum absolute atomic E-state index is 13.8. The van der Waals surface area contributed by atoms with Crippen LogP contribution in [0.1, 0.15) is 17.2 Å². The molecule has 1 saturated heterocycles. The number of halogens is 2. The van der Waals surface area contributed by atoms with Crippen molar-refractivity contribution in [3.63, 3.8) is 0 Å². The smallest absolute Gasteiger partial charge is 0.244 e. The van der Waals surface area contributed by atoms with Crippen LogP contribution in [0.3, 0.4) is 0 Å². The Labute approximate surface area is 168 Å². The van der Waals surface area contributed by atoms with E-state index in [4.69, 9.17) is 16.3 Å². The van der Waals surface area contributed by atoms with E-state index >= 15 is 0 Å². The fraction of sp³-hybridized carbons (Fsp3) is 0.286. The number of aliphatic hydroxyl groups excluding tert-OH is 1. The Kier molecular flexibility index (Phi) is 7.03. The Morgan fingerprint density at radius 2 is 2.07 bits per heavy atom. The molecule has 0 aliphatic carbocycles. The van der Waals surface area contributed by atoms with Crippen molar-refractivity contribution < 1.29 is 19.0 Å². The minimum absolute atomic E-state index is 0.249. The molecular weight excluding hydrogens is 383 g/mol. The molecule has 28 heavy (non-hydrogen) atoms. The van der Waals surface area contributed by atoms with E-state index in [9.17, 15) is 14.3 Å². The van der Waals surface area contributed by atoms with E-state index in [2.05, 4.69) is 10.2 Å². The molecule has 5 nitrogen and oxygen atoms in total. The fourth-order valence-electron chi connectivity index (χ4n) is 3.02. The number of nitrogens with zero attached hydrogens (tertiary/aromatic N) is 1. The Hall–Kier alpha value is -2.41. The van der Waals surface area contributed by atoms with Crippen LogP contribution >= 0.6 is 11.6 Å². The number of carbonyl (C=O) groups is 1. The van der Waals surface area contributed by atoms with Gasteiger partial charge in [0.15, 0.2) is 0 Å². The SMILES string of the molecule is O=C(/C=C/c1ccc(Cl)cc1F)N[C@H](CO)c1cccc(N2CCOCC2)c1. The summed E-state index contributed by atoms with van der Waals surface area (Å²) in [5.74, 6) is -0.932. The van der Waals surface area contributed by atoms with Gasteiger partial charge in [-0.3, -0.25) is 4.79 Å². The Morgan fingerprint density at radius 3 is 2.79 bits per heavy atom. The first-order chi connectivity index (χ1) is 13.6. The number of nitrogens with one attached hydrogen (secondary N) is 1. The number of anilines is 1. The van der Waals surface area contributed by atoms with Gasteiger partial charge in [-0.15, -0.1) is 0 Å². The third-order valence-electron chi connectivity index (χ3n) is 4.52. The molecule has 0 bridgehead atoms. The summed E-state index contributed by atoms with van der Waals surface area (Å²) in [6, 6.07) is 11.4. The molecule has 7 heteroatoms. The number of aliphatic hydroxyl groups is 1. The van der Waals surface area contributed by atoms with E-state index in [-0.39, 0.29) is 12.2 Å². The van der Waals surface area contributed by atoms with Crippen molar-refractivity contribution in [2.45, 2.75) is 6.04 Å². The molecule has 0 aromatic heterocycles. The van der Waals surface area contributed by atoms with Crippen LogP contribution in [0.2, 0.25) is 5.02 Å². The second-order valence-electron chi connectivity index (χ2n) is 6.44. The van der Waals surface area contributed by atoms with Crippen LogP contribution < -0.4 is 10.2 Å². The van der Waals surface area contributed by atoms with Crippen molar-refractivity contribution in [3.05, 3.63) is 70.5 Å². The van der Waals surface area contributed by atoms with Crippen LogP contribution in [0.5, 0.6) is 0 Å². The van der Waals surface area contributed by atoms with E-state index in [1.54, 1.807) is 6.07 Å². The second-order valence-corrected chi connectivity index (χ2v) is 6.87. The molecule has 1 aliphatic rings. The number of benzene rings is 2. The summed E-state index contributed by atoms with van der Waals surface area (Å²) in [7, 11) is 0.